The highest BCUT2D eigenvalue weighted by Crippen LogP contribution is 2.24. The van der Waals surface area contributed by atoms with Crippen LogP contribution in [0.5, 0.6) is 11.8 Å². The van der Waals surface area contributed by atoms with Gasteiger partial charge in [-0.25, -0.2) is 9.97 Å². The van der Waals surface area contributed by atoms with Gasteiger partial charge in [-0.2, -0.15) is 0 Å². The largest absolute Gasteiger partial charge is 0.477 e. The predicted octanol–water partition coefficient (Wildman–Crippen LogP) is 0.867. The van der Waals surface area contributed by atoms with Gasteiger partial charge in [0, 0.05) is 32.2 Å². The van der Waals surface area contributed by atoms with Crippen LogP contribution in [0, 0.1) is 0 Å². The second kappa shape index (κ2) is 7.33. The molecule has 1 atom stereocenters. The molecule has 1 aliphatic rings. The molecule has 8 heteroatoms. The number of carbonyl (C=O) groups is 1. The molecule has 1 amide bonds. The van der Waals surface area contributed by atoms with E-state index >= 15 is 0 Å². The lowest BCUT2D eigenvalue weighted by atomic mass is 10.1. The number of aromatic nitrogens is 3. The summed E-state index contributed by atoms with van der Waals surface area (Å²) >= 11 is 0. The Morgan fingerprint density at radius 1 is 1.28 bits per heavy atom. The molecule has 132 valence electrons. The highest BCUT2D eigenvalue weighted by molar-refractivity contribution is 5.93. The molecule has 0 bridgehead atoms. The molecular formula is C17H20N4O4. The average molecular weight is 344 g/mol. The number of amides is 1. The van der Waals surface area contributed by atoms with Gasteiger partial charge in [-0.1, -0.05) is 0 Å². The van der Waals surface area contributed by atoms with E-state index in [-0.39, 0.29) is 23.1 Å². The van der Waals surface area contributed by atoms with Crippen molar-refractivity contribution in [2.75, 3.05) is 20.2 Å². The number of rotatable bonds is 4. The molecule has 1 unspecified atom stereocenters. The number of nitrogens with zero attached hydrogens (tertiary/aromatic N) is 4. The normalized spacial score (nSPS) is 17.2. The number of carbonyl (C=O) groups excluding carboxylic acids is 1. The monoisotopic (exact) mass is 344 g/mol. The van der Waals surface area contributed by atoms with E-state index in [1.807, 2.05) is 0 Å². The van der Waals surface area contributed by atoms with Crippen LogP contribution < -0.4 is 15.0 Å². The molecule has 0 spiro atoms. The number of methoxy groups -OCH3 is 1. The minimum Gasteiger partial charge on any atom is -0.477 e. The molecule has 0 N–H and O–H groups in total. The first kappa shape index (κ1) is 16.9. The van der Waals surface area contributed by atoms with E-state index in [1.165, 1.54) is 24.1 Å². The van der Waals surface area contributed by atoms with Crippen LogP contribution in [0.4, 0.5) is 0 Å². The van der Waals surface area contributed by atoms with Crippen LogP contribution in [0.2, 0.25) is 0 Å². The summed E-state index contributed by atoms with van der Waals surface area (Å²) in [7, 11) is 3.13. The van der Waals surface area contributed by atoms with Crippen molar-refractivity contribution >= 4 is 5.91 Å². The third-order valence-corrected chi connectivity index (χ3v) is 4.12. The number of pyridine rings is 1. The summed E-state index contributed by atoms with van der Waals surface area (Å²) in [6.45, 7) is 0.977. The molecule has 8 nitrogen and oxygen atoms in total. The molecule has 0 aliphatic carbocycles. The number of hydrogen-bond acceptors (Lipinski definition) is 6. The van der Waals surface area contributed by atoms with E-state index < -0.39 is 0 Å². The van der Waals surface area contributed by atoms with Crippen LogP contribution in [0.3, 0.4) is 0 Å². The summed E-state index contributed by atoms with van der Waals surface area (Å²) < 4.78 is 12.4. The fourth-order valence-corrected chi connectivity index (χ4v) is 2.84. The van der Waals surface area contributed by atoms with E-state index in [2.05, 4.69) is 9.97 Å². The number of aryl methyl sites for hydroxylation is 1. The second-order valence-corrected chi connectivity index (χ2v) is 5.84. The summed E-state index contributed by atoms with van der Waals surface area (Å²) in [4.78, 5) is 34.7. The molecule has 1 saturated heterocycles. The molecule has 2 aromatic heterocycles. The summed E-state index contributed by atoms with van der Waals surface area (Å²) in [5, 5.41) is 0. The minimum absolute atomic E-state index is 0.169. The van der Waals surface area contributed by atoms with Crippen molar-refractivity contribution in [2.24, 2.45) is 7.05 Å². The topological polar surface area (TPSA) is 86.6 Å². The van der Waals surface area contributed by atoms with Gasteiger partial charge in [-0.05, 0) is 25.0 Å². The van der Waals surface area contributed by atoms with E-state index in [9.17, 15) is 9.59 Å². The Bertz CT molecular complexity index is 820. The van der Waals surface area contributed by atoms with Crippen molar-refractivity contribution in [3.05, 3.63) is 46.6 Å². The molecule has 1 fully saturated rings. The zero-order valence-corrected chi connectivity index (χ0v) is 14.2. The first-order chi connectivity index (χ1) is 12.1. The van der Waals surface area contributed by atoms with Gasteiger partial charge < -0.3 is 18.9 Å². The Morgan fingerprint density at radius 2 is 2.04 bits per heavy atom. The van der Waals surface area contributed by atoms with Gasteiger partial charge in [-0.3, -0.25) is 9.59 Å². The summed E-state index contributed by atoms with van der Waals surface area (Å²) in [5.74, 6) is 0.336. The van der Waals surface area contributed by atoms with E-state index in [1.54, 1.807) is 30.3 Å². The maximum absolute atomic E-state index is 12.7. The molecule has 2 aromatic rings. The van der Waals surface area contributed by atoms with Crippen molar-refractivity contribution in [1.29, 1.82) is 0 Å². The van der Waals surface area contributed by atoms with Gasteiger partial charge in [0.25, 0.3) is 23.2 Å². The van der Waals surface area contributed by atoms with Gasteiger partial charge >= 0.3 is 0 Å². The lowest BCUT2D eigenvalue weighted by molar-refractivity contribution is 0.0517. The lowest BCUT2D eigenvalue weighted by Gasteiger charge is -2.32. The highest BCUT2D eigenvalue weighted by atomic mass is 16.5. The molecule has 0 radical (unpaired) electrons. The van der Waals surface area contributed by atoms with Crippen molar-refractivity contribution in [3.8, 4) is 11.8 Å². The Morgan fingerprint density at radius 3 is 2.80 bits per heavy atom. The quantitative estimate of drug-likeness (QED) is 0.818. The van der Waals surface area contributed by atoms with Crippen LogP contribution in [0.25, 0.3) is 0 Å². The SMILES string of the molecule is COc1nccnc1OC1CCCN(C(=O)c2cccn(C)c2=O)C1. The zero-order valence-electron chi connectivity index (χ0n) is 14.2. The van der Waals surface area contributed by atoms with E-state index in [0.717, 1.165) is 12.8 Å². The smallest absolute Gasteiger partial charge is 0.278 e. The number of ether oxygens (including phenoxy) is 2. The predicted molar refractivity (Wildman–Crippen MR) is 89.8 cm³/mol. The maximum Gasteiger partial charge on any atom is 0.278 e. The van der Waals surface area contributed by atoms with E-state index in [0.29, 0.717) is 24.8 Å². The van der Waals surface area contributed by atoms with Crippen molar-refractivity contribution in [2.45, 2.75) is 18.9 Å². The summed E-state index contributed by atoms with van der Waals surface area (Å²) in [6, 6.07) is 3.25. The number of likely N-dealkylation sites (tertiary alicyclic amines) is 1. The molecule has 0 saturated carbocycles. The van der Waals surface area contributed by atoms with Crippen LogP contribution in [-0.2, 0) is 7.05 Å². The third kappa shape index (κ3) is 3.62. The summed E-state index contributed by atoms with van der Waals surface area (Å²) in [5.41, 5.74) is -0.131. The molecule has 3 rings (SSSR count). The Labute approximate surface area is 145 Å². The Balaban J connectivity index is 1.74. The molecule has 0 aromatic carbocycles. The van der Waals surface area contributed by atoms with Gasteiger partial charge in [0.2, 0.25) is 0 Å². The van der Waals surface area contributed by atoms with Gasteiger partial charge in [0.05, 0.1) is 13.7 Å². The Kier molecular flexibility index (Phi) is 4.97. The Hall–Kier alpha value is -2.90. The van der Waals surface area contributed by atoms with Crippen LogP contribution >= 0.6 is 0 Å². The lowest BCUT2D eigenvalue weighted by Crippen LogP contribution is -2.46. The standard InChI is InChI=1S/C17H20N4O4/c1-20-9-4-6-13(16(20)22)17(23)21-10-3-5-12(11-21)25-15-14(24-2)18-7-8-19-15/h4,6-9,12H,3,5,10-11H2,1-2H3. The third-order valence-electron chi connectivity index (χ3n) is 4.12. The van der Waals surface area contributed by atoms with Gasteiger partial charge in [0.15, 0.2) is 0 Å². The van der Waals surface area contributed by atoms with Crippen molar-refractivity contribution in [3.63, 3.8) is 0 Å². The molecule has 25 heavy (non-hydrogen) atoms. The molecular weight excluding hydrogens is 324 g/mol. The number of piperidine rings is 1. The zero-order chi connectivity index (χ0) is 17.8. The van der Waals surface area contributed by atoms with E-state index in [4.69, 9.17) is 9.47 Å². The van der Waals surface area contributed by atoms with Crippen LogP contribution in [0.15, 0.2) is 35.5 Å². The maximum atomic E-state index is 12.7. The highest BCUT2D eigenvalue weighted by Gasteiger charge is 2.28. The van der Waals surface area contributed by atoms with Crippen LogP contribution in [0.1, 0.15) is 23.2 Å². The second-order valence-electron chi connectivity index (χ2n) is 5.84. The van der Waals surface area contributed by atoms with Gasteiger partial charge in [0.1, 0.15) is 11.7 Å². The summed E-state index contributed by atoms with van der Waals surface area (Å²) in [6.07, 6.45) is 6.02. The van der Waals surface area contributed by atoms with Crippen molar-refractivity contribution in [1.82, 2.24) is 19.4 Å². The molecule has 1 aliphatic heterocycles. The minimum atomic E-state index is -0.300. The molecule has 3 heterocycles. The van der Waals surface area contributed by atoms with Gasteiger partial charge in [-0.15, -0.1) is 0 Å². The number of hydrogen-bond donors (Lipinski definition) is 0. The van der Waals surface area contributed by atoms with Crippen molar-refractivity contribution < 1.29 is 14.3 Å². The fraction of sp³-hybridized carbons (Fsp3) is 0.412. The first-order valence-corrected chi connectivity index (χ1v) is 8.06. The fourth-order valence-electron chi connectivity index (χ4n) is 2.84. The average Bonchev–Trinajstić information content (AvgIpc) is 2.64. The first-order valence-electron chi connectivity index (χ1n) is 8.06. The van der Waals surface area contributed by atoms with Crippen LogP contribution in [-0.4, -0.2) is 51.6 Å².